The fourth-order valence-corrected chi connectivity index (χ4v) is 9.29. The average molecular weight is 1740 g/mol. The summed E-state index contributed by atoms with van der Waals surface area (Å²) in [7, 11) is 0. The first-order valence-electron chi connectivity index (χ1n) is 39.6. The van der Waals surface area contributed by atoms with Crippen LogP contribution in [0.5, 0.6) is 0 Å². The number of amides is 6. The van der Waals surface area contributed by atoms with Gasteiger partial charge in [-0.25, -0.2) is 0 Å². The van der Waals surface area contributed by atoms with E-state index in [9.17, 15) is 38.4 Å². The molecule has 0 bridgehead atoms. The Hall–Kier alpha value is -10.00. The van der Waals surface area contributed by atoms with Crippen LogP contribution in [0, 0.1) is 10.8 Å². The highest BCUT2D eigenvalue weighted by atomic mass is 16.5. The highest BCUT2D eigenvalue weighted by molar-refractivity contribution is 5.79. The molecule has 688 valence electrons. The van der Waals surface area contributed by atoms with Crippen LogP contribution < -0.4 is 31.9 Å². The smallest absolute Gasteiger partial charge is 0.222 e. The minimum Gasteiger partial charge on any atom is -0.381 e. The number of carbonyl (C=O) groups is 8. The Kier molecular flexibility index (Phi) is 84.4. The molecule has 0 aromatic heterocycles. The number of hydrogen-bond donors (Lipinski definition) is 6. The summed E-state index contributed by atoms with van der Waals surface area (Å²) in [6, 6.07) is 0. The molecule has 0 aliphatic heterocycles. The summed E-state index contributed by atoms with van der Waals surface area (Å²) in [6.07, 6.45) is 1.88. The quantitative estimate of drug-likeness (QED) is 0.0197. The molecule has 122 heavy (non-hydrogen) atoms. The molecule has 54 nitrogen and oxygen atoms in total. The van der Waals surface area contributed by atoms with Crippen molar-refractivity contribution < 1.29 is 114 Å². The number of hydrogen-bond acceptors (Lipinski definition) is 32. The van der Waals surface area contributed by atoms with Crippen molar-refractivity contribution in [2.45, 2.75) is 77.0 Å². The Labute approximate surface area is 706 Å². The van der Waals surface area contributed by atoms with Crippen LogP contribution in [0.4, 0.5) is 0 Å². The molecular weight excluding hydrogens is 1620 g/mol. The van der Waals surface area contributed by atoms with Crippen LogP contribution in [0.2, 0.25) is 0 Å². The third-order valence-electron chi connectivity index (χ3n) is 15.2. The van der Waals surface area contributed by atoms with Crippen molar-refractivity contribution in [1.29, 1.82) is 0 Å². The van der Waals surface area contributed by atoms with Gasteiger partial charge in [0.15, 0.2) is 0 Å². The molecule has 0 spiro atoms. The second-order valence-corrected chi connectivity index (χ2v) is 25.3. The van der Waals surface area contributed by atoms with Crippen LogP contribution in [-0.4, -0.2) is 350 Å². The summed E-state index contributed by atoms with van der Waals surface area (Å²) in [5.74, 6) is -1.80. The monoisotopic (exact) mass is 1740 g/mol. The van der Waals surface area contributed by atoms with Crippen LogP contribution in [0.15, 0.2) is 40.9 Å². The van der Waals surface area contributed by atoms with Gasteiger partial charge in [0.25, 0.3) is 0 Å². The molecular formula is C68H122N30O24. The Balaban J connectivity index is 0. The maximum absolute atomic E-state index is 12.5. The first-order valence-corrected chi connectivity index (χ1v) is 39.6. The molecule has 0 fully saturated rings. The van der Waals surface area contributed by atoms with Crippen LogP contribution in [0.25, 0.3) is 83.5 Å². The summed E-state index contributed by atoms with van der Waals surface area (Å²) < 4.78 is 90.1. The number of ether oxygens (including phenoxy) is 16. The second kappa shape index (κ2) is 90.2. The van der Waals surface area contributed by atoms with Gasteiger partial charge >= 0.3 is 0 Å². The largest absolute Gasteiger partial charge is 0.381 e. The van der Waals surface area contributed by atoms with E-state index in [1.807, 2.05) is 0 Å². The standard InChI is InChI=1S/2C34H61N15O12/c2*35-46-42-10-22-54-14-1-2-30(50)3-15-58-26-34(27-59-16-4-31(51)39-7-19-55-23-11-43-47-36,28-60-17-5-32(52)40-8-20-56-24-12-44-48-37)29-61-18-6-33(53)41-9-21-57-25-13-45-49-38/h2*1-29H2,(H,39,51)(H,40,52)(H,41,53). The van der Waals surface area contributed by atoms with Crippen LogP contribution in [-0.2, 0) is 114 Å². The van der Waals surface area contributed by atoms with E-state index in [-0.39, 0.29) is 401 Å². The summed E-state index contributed by atoms with van der Waals surface area (Å²) >= 11 is 0. The van der Waals surface area contributed by atoms with Crippen molar-refractivity contribution in [1.82, 2.24) is 31.9 Å². The van der Waals surface area contributed by atoms with Crippen LogP contribution in [0.1, 0.15) is 77.0 Å². The fraction of sp³-hybridized carbons (Fsp3) is 0.882. The van der Waals surface area contributed by atoms with Crippen molar-refractivity contribution in [3.8, 4) is 0 Å². The molecule has 0 aliphatic rings. The Morgan fingerprint density at radius 2 is 0.352 bits per heavy atom. The zero-order valence-corrected chi connectivity index (χ0v) is 69.5. The van der Waals surface area contributed by atoms with Gasteiger partial charge in [0, 0.05) is 208 Å². The Morgan fingerprint density at radius 1 is 0.197 bits per heavy atom. The molecule has 0 aliphatic carbocycles. The Bertz CT molecular complexity index is 2570. The van der Waals surface area contributed by atoms with Crippen molar-refractivity contribution in [3.63, 3.8) is 0 Å². The molecule has 0 aromatic rings. The molecule has 0 saturated carbocycles. The number of azide groups is 8. The van der Waals surface area contributed by atoms with E-state index < -0.39 is 10.8 Å². The normalized spacial score (nSPS) is 11.5. The number of Topliss-reactive ketones (excluding diaryl/α,β-unsaturated/α-hetero) is 2. The van der Waals surface area contributed by atoms with E-state index in [0.717, 1.165) is 0 Å². The molecule has 6 N–H and O–H groups in total. The minimum absolute atomic E-state index is 0.000941. The number of rotatable bonds is 90. The highest BCUT2D eigenvalue weighted by Crippen LogP contribution is 2.24. The lowest BCUT2D eigenvalue weighted by Crippen LogP contribution is -2.43. The first kappa shape index (κ1) is 114. The lowest BCUT2D eigenvalue weighted by Gasteiger charge is -2.33. The maximum Gasteiger partial charge on any atom is 0.222 e. The summed E-state index contributed by atoms with van der Waals surface area (Å²) in [6.45, 7) is 7.12. The number of carbonyl (C=O) groups excluding carboxylic acids is 8. The van der Waals surface area contributed by atoms with Gasteiger partial charge in [-0.1, -0.05) is 40.9 Å². The third kappa shape index (κ3) is 82.3. The fourth-order valence-electron chi connectivity index (χ4n) is 9.29. The van der Waals surface area contributed by atoms with E-state index in [1.54, 1.807) is 0 Å². The van der Waals surface area contributed by atoms with Gasteiger partial charge in [-0.05, 0) is 57.1 Å². The van der Waals surface area contributed by atoms with Crippen molar-refractivity contribution in [2.75, 3.05) is 303 Å². The highest BCUT2D eigenvalue weighted by Gasteiger charge is 2.35. The summed E-state index contributed by atoms with van der Waals surface area (Å²) in [4.78, 5) is 121. The molecule has 0 rings (SSSR count). The number of nitrogens with zero attached hydrogens (tertiary/aromatic N) is 24. The molecule has 0 atom stereocenters. The second-order valence-electron chi connectivity index (χ2n) is 25.3. The summed E-state index contributed by atoms with van der Waals surface area (Å²) in [5.41, 5.74) is 64.6. The van der Waals surface area contributed by atoms with E-state index in [2.05, 4.69) is 112 Å². The third-order valence-corrected chi connectivity index (χ3v) is 15.2. The van der Waals surface area contributed by atoms with Gasteiger partial charge in [-0.3, -0.25) is 38.4 Å². The van der Waals surface area contributed by atoms with E-state index in [1.165, 1.54) is 0 Å². The topological polar surface area (TPSA) is 747 Å². The van der Waals surface area contributed by atoms with Gasteiger partial charge in [0.1, 0.15) is 11.6 Å². The maximum atomic E-state index is 12.5. The average Bonchev–Trinajstić information content (AvgIpc) is 0.872. The zero-order chi connectivity index (χ0) is 89.5. The molecule has 0 unspecified atom stereocenters. The summed E-state index contributed by atoms with van der Waals surface area (Å²) in [5, 5.41) is 43.3. The molecule has 0 radical (unpaired) electrons. The predicted octanol–water partition coefficient (Wildman–Crippen LogP) is 5.21. The SMILES string of the molecule is [N-]=[N+]=NCCOCCCC(=O)CCOCC(COCCC(=O)NCCOCCN=[N+]=[N-])(COCCC(=O)NCCOCCN=[N+]=[N-])COCCC(=O)NCCOCCN=[N+]=[N-].[N-]=[N+]=NCCOCCCC(=O)CCOCC(COCCC(=O)NCCOCCN=[N+]=[N-])(COCCC(=O)NCCOCCN=[N+]=[N-])COCCC(=O)NCCOCCN=[N+]=[N-]. The predicted molar refractivity (Wildman–Crippen MR) is 434 cm³/mol. The Morgan fingerprint density at radius 3 is 0.516 bits per heavy atom. The minimum atomic E-state index is -0.995. The first-order chi connectivity index (χ1) is 59.6. The van der Waals surface area contributed by atoms with Gasteiger partial charge in [-0.2, -0.15) is 0 Å². The van der Waals surface area contributed by atoms with Gasteiger partial charge in [0.2, 0.25) is 35.4 Å². The molecule has 54 heteroatoms. The lowest BCUT2D eigenvalue weighted by atomic mass is 9.92. The van der Waals surface area contributed by atoms with E-state index in [0.29, 0.717) is 26.1 Å². The van der Waals surface area contributed by atoms with Gasteiger partial charge < -0.3 is 108 Å². The lowest BCUT2D eigenvalue weighted by molar-refractivity contribution is -0.131. The van der Waals surface area contributed by atoms with Crippen molar-refractivity contribution in [3.05, 3.63) is 83.5 Å². The molecule has 6 amide bonds. The molecule has 0 aromatic carbocycles. The van der Waals surface area contributed by atoms with E-state index >= 15 is 0 Å². The number of nitrogens with one attached hydrogen (secondary N) is 6. The number of ketones is 2. The molecule has 0 heterocycles. The zero-order valence-electron chi connectivity index (χ0n) is 69.5. The van der Waals surface area contributed by atoms with Gasteiger partial charge in [-0.15, -0.1) is 0 Å². The van der Waals surface area contributed by atoms with Crippen molar-refractivity contribution in [2.24, 2.45) is 51.7 Å². The van der Waals surface area contributed by atoms with Crippen LogP contribution >= 0.6 is 0 Å². The molecule has 0 saturated heterocycles. The van der Waals surface area contributed by atoms with Crippen molar-refractivity contribution >= 4 is 47.0 Å². The van der Waals surface area contributed by atoms with Gasteiger partial charge in [0.05, 0.1) is 209 Å². The van der Waals surface area contributed by atoms with E-state index in [4.69, 9.17) is 120 Å². The van der Waals surface area contributed by atoms with Crippen LogP contribution in [0.3, 0.4) is 0 Å².